The van der Waals surface area contributed by atoms with Crippen molar-refractivity contribution in [1.82, 2.24) is 5.32 Å². The Morgan fingerprint density at radius 2 is 1.58 bits per heavy atom. The standard InChI is InChI=1S/C21H24ClNO3/c1-14(2)20(17-9-11-18(22)12-10-17)21(25)26-13-19(24)23-15(3)16-7-5-4-6-8-16/h4-12,14-15,20H,13H2,1-3H3,(H,23,24)/t15-,20+/m0/s1. The maximum Gasteiger partial charge on any atom is 0.314 e. The van der Waals surface area contributed by atoms with E-state index >= 15 is 0 Å². The first-order chi connectivity index (χ1) is 12.4. The fourth-order valence-electron chi connectivity index (χ4n) is 2.80. The molecule has 0 spiro atoms. The van der Waals surface area contributed by atoms with Crippen molar-refractivity contribution in [2.45, 2.75) is 32.7 Å². The number of ether oxygens (including phenoxy) is 1. The van der Waals surface area contributed by atoms with Crippen LogP contribution in [0.2, 0.25) is 5.02 Å². The molecule has 2 rings (SSSR count). The van der Waals surface area contributed by atoms with Gasteiger partial charge >= 0.3 is 5.97 Å². The lowest BCUT2D eigenvalue weighted by molar-refractivity contribution is -0.151. The first kappa shape index (κ1) is 20.0. The Bertz CT molecular complexity index is 729. The van der Waals surface area contributed by atoms with Crippen LogP contribution in [-0.4, -0.2) is 18.5 Å². The third-order valence-corrected chi connectivity index (χ3v) is 4.42. The Balaban J connectivity index is 1.93. The van der Waals surface area contributed by atoms with E-state index in [0.717, 1.165) is 11.1 Å². The largest absolute Gasteiger partial charge is 0.455 e. The highest BCUT2D eigenvalue weighted by Gasteiger charge is 2.26. The van der Waals surface area contributed by atoms with Crippen LogP contribution >= 0.6 is 11.6 Å². The average Bonchev–Trinajstić information content (AvgIpc) is 2.62. The average molecular weight is 374 g/mol. The van der Waals surface area contributed by atoms with Crippen LogP contribution in [0, 0.1) is 5.92 Å². The Kier molecular flexibility index (Phi) is 7.22. The molecule has 138 valence electrons. The predicted molar refractivity (Wildman–Crippen MR) is 103 cm³/mol. The van der Waals surface area contributed by atoms with Gasteiger partial charge in [0.2, 0.25) is 0 Å². The topological polar surface area (TPSA) is 55.4 Å². The van der Waals surface area contributed by atoms with Crippen molar-refractivity contribution in [3.05, 3.63) is 70.7 Å². The molecular weight excluding hydrogens is 350 g/mol. The van der Waals surface area contributed by atoms with Crippen LogP contribution in [-0.2, 0) is 14.3 Å². The summed E-state index contributed by atoms with van der Waals surface area (Å²) < 4.78 is 5.26. The third-order valence-electron chi connectivity index (χ3n) is 4.17. The van der Waals surface area contributed by atoms with E-state index in [2.05, 4.69) is 5.32 Å². The van der Waals surface area contributed by atoms with Gasteiger partial charge in [-0.05, 0) is 36.1 Å². The number of benzene rings is 2. The quantitative estimate of drug-likeness (QED) is 0.727. The zero-order valence-electron chi connectivity index (χ0n) is 15.2. The van der Waals surface area contributed by atoms with Crippen LogP contribution in [0.4, 0.5) is 0 Å². The van der Waals surface area contributed by atoms with Crippen molar-refractivity contribution in [2.75, 3.05) is 6.61 Å². The van der Waals surface area contributed by atoms with Crippen molar-refractivity contribution < 1.29 is 14.3 Å². The van der Waals surface area contributed by atoms with E-state index in [0.29, 0.717) is 5.02 Å². The molecule has 2 aromatic carbocycles. The monoisotopic (exact) mass is 373 g/mol. The van der Waals surface area contributed by atoms with Crippen LogP contribution in [0.15, 0.2) is 54.6 Å². The van der Waals surface area contributed by atoms with Crippen LogP contribution in [0.3, 0.4) is 0 Å². The molecule has 0 saturated carbocycles. The zero-order chi connectivity index (χ0) is 19.1. The van der Waals surface area contributed by atoms with Gasteiger partial charge in [-0.3, -0.25) is 9.59 Å². The molecule has 0 aliphatic rings. The summed E-state index contributed by atoms with van der Waals surface area (Å²) in [7, 11) is 0. The van der Waals surface area contributed by atoms with E-state index in [-0.39, 0.29) is 24.5 Å². The first-order valence-corrected chi connectivity index (χ1v) is 9.02. The number of nitrogens with one attached hydrogen (secondary N) is 1. The van der Waals surface area contributed by atoms with E-state index in [9.17, 15) is 9.59 Å². The Morgan fingerprint density at radius 1 is 0.962 bits per heavy atom. The van der Waals surface area contributed by atoms with Gasteiger partial charge in [-0.1, -0.05) is 67.9 Å². The summed E-state index contributed by atoms with van der Waals surface area (Å²) in [5.74, 6) is -1.14. The normalized spacial score (nSPS) is 13.1. The molecule has 0 aliphatic carbocycles. The molecule has 5 heteroatoms. The van der Waals surface area contributed by atoms with E-state index < -0.39 is 11.9 Å². The molecule has 0 bridgehead atoms. The Morgan fingerprint density at radius 3 is 2.15 bits per heavy atom. The lowest BCUT2D eigenvalue weighted by atomic mass is 9.88. The smallest absolute Gasteiger partial charge is 0.314 e. The lowest BCUT2D eigenvalue weighted by Crippen LogP contribution is -2.32. The maximum atomic E-state index is 12.5. The van der Waals surface area contributed by atoms with Gasteiger partial charge in [-0.2, -0.15) is 0 Å². The van der Waals surface area contributed by atoms with Crippen molar-refractivity contribution in [3.63, 3.8) is 0 Å². The summed E-state index contributed by atoms with van der Waals surface area (Å²) in [6.07, 6.45) is 0. The van der Waals surface area contributed by atoms with Gasteiger partial charge in [0.1, 0.15) is 0 Å². The van der Waals surface area contributed by atoms with Crippen molar-refractivity contribution in [2.24, 2.45) is 5.92 Å². The highest BCUT2D eigenvalue weighted by molar-refractivity contribution is 6.30. The molecule has 1 N–H and O–H groups in total. The van der Waals surface area contributed by atoms with Crippen LogP contribution in [0.25, 0.3) is 0 Å². The summed E-state index contributed by atoms with van der Waals surface area (Å²) in [5.41, 5.74) is 1.82. The molecule has 4 nitrogen and oxygen atoms in total. The molecule has 0 fully saturated rings. The summed E-state index contributed by atoms with van der Waals surface area (Å²) in [5, 5.41) is 3.44. The fourth-order valence-corrected chi connectivity index (χ4v) is 2.92. The molecule has 1 amide bonds. The number of rotatable bonds is 7. The van der Waals surface area contributed by atoms with E-state index in [4.69, 9.17) is 16.3 Å². The number of carbonyl (C=O) groups is 2. The summed E-state index contributed by atoms with van der Waals surface area (Å²) >= 11 is 5.91. The second-order valence-corrected chi connectivity index (χ2v) is 7.02. The van der Waals surface area contributed by atoms with Crippen LogP contribution < -0.4 is 5.32 Å². The maximum absolute atomic E-state index is 12.5. The second kappa shape index (κ2) is 9.39. The van der Waals surface area contributed by atoms with E-state index in [1.807, 2.05) is 63.2 Å². The van der Waals surface area contributed by atoms with Crippen molar-refractivity contribution >= 4 is 23.5 Å². The van der Waals surface area contributed by atoms with Crippen molar-refractivity contribution in [1.29, 1.82) is 0 Å². The molecule has 0 heterocycles. The molecule has 0 saturated heterocycles. The van der Waals surface area contributed by atoms with Gasteiger partial charge in [0.15, 0.2) is 6.61 Å². The Hall–Kier alpha value is -2.33. The minimum atomic E-state index is -0.438. The minimum Gasteiger partial charge on any atom is -0.455 e. The van der Waals surface area contributed by atoms with E-state index in [1.165, 1.54) is 0 Å². The minimum absolute atomic E-state index is 0.0370. The predicted octanol–water partition coefficient (Wildman–Crippen LogP) is 4.50. The first-order valence-electron chi connectivity index (χ1n) is 8.65. The molecule has 2 aromatic rings. The highest BCUT2D eigenvalue weighted by atomic mass is 35.5. The molecule has 0 unspecified atom stereocenters. The second-order valence-electron chi connectivity index (χ2n) is 6.58. The van der Waals surface area contributed by atoms with E-state index in [1.54, 1.807) is 12.1 Å². The zero-order valence-corrected chi connectivity index (χ0v) is 16.0. The van der Waals surface area contributed by atoms with Crippen LogP contribution in [0.1, 0.15) is 43.9 Å². The molecule has 0 aliphatic heterocycles. The highest BCUT2D eigenvalue weighted by Crippen LogP contribution is 2.27. The van der Waals surface area contributed by atoms with Crippen molar-refractivity contribution in [3.8, 4) is 0 Å². The van der Waals surface area contributed by atoms with Gasteiger partial charge in [0, 0.05) is 5.02 Å². The van der Waals surface area contributed by atoms with Gasteiger partial charge in [-0.15, -0.1) is 0 Å². The summed E-state index contributed by atoms with van der Waals surface area (Å²) in [6, 6.07) is 16.6. The number of esters is 1. The lowest BCUT2D eigenvalue weighted by Gasteiger charge is -2.20. The number of halogens is 1. The SMILES string of the molecule is CC(C)[C@@H](C(=O)OCC(=O)N[C@@H](C)c1ccccc1)c1ccc(Cl)cc1. The number of carbonyl (C=O) groups excluding carboxylic acids is 2. The number of hydrogen-bond acceptors (Lipinski definition) is 3. The van der Waals surface area contributed by atoms with Gasteiger partial charge in [0.25, 0.3) is 5.91 Å². The molecule has 2 atom stereocenters. The van der Waals surface area contributed by atoms with Gasteiger partial charge in [0.05, 0.1) is 12.0 Å². The summed E-state index contributed by atoms with van der Waals surface area (Å²) in [6.45, 7) is 5.47. The molecule has 0 radical (unpaired) electrons. The molecule has 26 heavy (non-hydrogen) atoms. The van der Waals surface area contributed by atoms with Gasteiger partial charge in [-0.25, -0.2) is 0 Å². The van der Waals surface area contributed by atoms with Crippen LogP contribution in [0.5, 0.6) is 0 Å². The third kappa shape index (κ3) is 5.60. The Labute approximate surface area is 159 Å². The number of hydrogen-bond donors (Lipinski definition) is 1. The number of amides is 1. The summed E-state index contributed by atoms with van der Waals surface area (Å²) in [4.78, 5) is 24.6. The molecule has 0 aromatic heterocycles. The molecular formula is C21H24ClNO3. The fraction of sp³-hybridized carbons (Fsp3) is 0.333. The van der Waals surface area contributed by atoms with Gasteiger partial charge < -0.3 is 10.1 Å².